The average Bonchev–Trinajstić information content (AvgIpc) is 3.12. The third-order valence-electron chi connectivity index (χ3n) is 4.44. The van der Waals surface area contributed by atoms with Gasteiger partial charge < -0.3 is 0 Å². The molecule has 140 valence electrons. The smallest absolute Gasteiger partial charge is 0.274 e. The number of para-hydroxylation sites is 1. The Labute approximate surface area is 163 Å². The number of carbonyl (C=O) groups excluding carboxylic acids is 4. The van der Waals surface area contributed by atoms with Crippen molar-refractivity contribution in [2.75, 3.05) is 4.90 Å². The first-order valence-corrected chi connectivity index (χ1v) is 9.22. The van der Waals surface area contributed by atoms with Crippen LogP contribution in [0.4, 0.5) is 14.9 Å². The highest BCUT2D eigenvalue weighted by atomic mass is 32.2. The molecule has 0 aromatic heterocycles. The second-order valence-electron chi connectivity index (χ2n) is 6.23. The van der Waals surface area contributed by atoms with Gasteiger partial charge in [0.2, 0.25) is 5.91 Å². The van der Waals surface area contributed by atoms with Crippen molar-refractivity contribution < 1.29 is 23.6 Å². The lowest BCUT2D eigenvalue weighted by Crippen LogP contribution is -2.44. The zero-order valence-corrected chi connectivity index (χ0v) is 15.2. The molecule has 28 heavy (non-hydrogen) atoms. The highest BCUT2D eigenvalue weighted by Gasteiger charge is 2.50. The second-order valence-corrected chi connectivity index (χ2v) is 7.22. The van der Waals surface area contributed by atoms with Crippen molar-refractivity contribution in [3.63, 3.8) is 0 Å². The number of thioether (sulfide) groups is 1. The molecule has 4 rings (SSSR count). The molecule has 2 aromatic carbocycles. The van der Waals surface area contributed by atoms with E-state index in [-0.39, 0.29) is 11.3 Å². The van der Waals surface area contributed by atoms with E-state index < -0.39 is 34.8 Å². The maximum Gasteiger partial charge on any atom is 0.294 e. The van der Waals surface area contributed by atoms with E-state index in [1.807, 2.05) is 0 Å². The lowest BCUT2D eigenvalue weighted by atomic mass is 10.2. The molecule has 2 heterocycles. The Bertz CT molecular complexity index is 1020. The number of imide groups is 2. The number of hydrogen-bond donors (Lipinski definition) is 0. The number of carbonyl (C=O) groups is 4. The molecule has 2 aromatic rings. The average molecular weight is 396 g/mol. The monoisotopic (exact) mass is 396 g/mol. The van der Waals surface area contributed by atoms with Gasteiger partial charge in [-0.05, 0) is 47.7 Å². The molecule has 6 nitrogen and oxygen atoms in total. The van der Waals surface area contributed by atoms with Crippen molar-refractivity contribution in [1.82, 2.24) is 4.90 Å². The minimum absolute atomic E-state index is 0.120. The molecule has 0 aliphatic carbocycles. The van der Waals surface area contributed by atoms with Crippen molar-refractivity contribution in [3.8, 4) is 0 Å². The molecule has 2 fully saturated rings. The van der Waals surface area contributed by atoms with Crippen LogP contribution in [-0.2, 0) is 14.4 Å². The van der Waals surface area contributed by atoms with Gasteiger partial charge in [0.1, 0.15) is 11.9 Å². The second kappa shape index (κ2) is 7.05. The van der Waals surface area contributed by atoms with E-state index in [9.17, 15) is 23.6 Å². The largest absolute Gasteiger partial charge is 0.294 e. The predicted octanol–water partition coefficient (Wildman–Crippen LogP) is 3.19. The van der Waals surface area contributed by atoms with Crippen LogP contribution in [0.25, 0.3) is 6.08 Å². The SMILES string of the molecule is O=C1CC(N2C(=O)S/C(=C/c3ccc(F)cc3)C2=O)C(=O)N1c1ccccc1. The molecule has 1 atom stereocenters. The van der Waals surface area contributed by atoms with Crippen molar-refractivity contribution in [1.29, 1.82) is 0 Å². The maximum absolute atomic E-state index is 13.0. The Morgan fingerprint density at radius 2 is 1.64 bits per heavy atom. The Morgan fingerprint density at radius 3 is 2.32 bits per heavy atom. The first-order chi connectivity index (χ1) is 13.5. The topological polar surface area (TPSA) is 74.8 Å². The fraction of sp³-hybridized carbons (Fsp3) is 0.100. The highest BCUT2D eigenvalue weighted by molar-refractivity contribution is 8.18. The summed E-state index contributed by atoms with van der Waals surface area (Å²) in [4.78, 5) is 52.2. The van der Waals surface area contributed by atoms with Gasteiger partial charge in [-0.15, -0.1) is 0 Å². The van der Waals surface area contributed by atoms with E-state index in [0.717, 1.165) is 9.80 Å². The number of nitrogens with zero attached hydrogens (tertiary/aromatic N) is 2. The van der Waals surface area contributed by atoms with Gasteiger partial charge in [-0.25, -0.2) is 9.29 Å². The number of amides is 4. The zero-order chi connectivity index (χ0) is 19.8. The van der Waals surface area contributed by atoms with Crippen LogP contribution in [0, 0.1) is 5.82 Å². The summed E-state index contributed by atoms with van der Waals surface area (Å²) in [5, 5.41) is -0.612. The van der Waals surface area contributed by atoms with Gasteiger partial charge in [-0.3, -0.25) is 24.1 Å². The van der Waals surface area contributed by atoms with E-state index in [4.69, 9.17) is 0 Å². The summed E-state index contributed by atoms with van der Waals surface area (Å²) in [6, 6.07) is 12.6. The standard InChI is InChI=1S/C20H13FN2O4S/c21-13-8-6-12(7-9-13)10-16-19(26)23(20(27)28-16)15-11-17(24)22(18(15)25)14-4-2-1-3-5-14/h1-10,15H,11H2/b16-10+. The summed E-state index contributed by atoms with van der Waals surface area (Å²) in [5.41, 5.74) is 0.945. The van der Waals surface area contributed by atoms with Crippen LogP contribution in [-0.4, -0.2) is 33.9 Å². The van der Waals surface area contributed by atoms with Gasteiger partial charge in [0.25, 0.3) is 17.1 Å². The van der Waals surface area contributed by atoms with E-state index in [2.05, 4.69) is 0 Å². The molecule has 0 radical (unpaired) electrons. The molecular weight excluding hydrogens is 383 g/mol. The van der Waals surface area contributed by atoms with Gasteiger partial charge in [0.05, 0.1) is 17.0 Å². The number of halogens is 1. The molecule has 2 aliphatic heterocycles. The van der Waals surface area contributed by atoms with Gasteiger partial charge in [0, 0.05) is 0 Å². The van der Waals surface area contributed by atoms with Crippen molar-refractivity contribution in [3.05, 3.63) is 70.9 Å². The minimum Gasteiger partial charge on any atom is -0.274 e. The lowest BCUT2D eigenvalue weighted by Gasteiger charge is -2.19. The number of benzene rings is 2. The van der Waals surface area contributed by atoms with Crippen LogP contribution >= 0.6 is 11.8 Å². The maximum atomic E-state index is 13.0. The summed E-state index contributed by atoms with van der Waals surface area (Å²) >= 11 is 0.691. The third kappa shape index (κ3) is 3.11. The van der Waals surface area contributed by atoms with Crippen molar-refractivity contribution in [2.24, 2.45) is 0 Å². The van der Waals surface area contributed by atoms with Crippen LogP contribution in [0.1, 0.15) is 12.0 Å². The molecule has 4 amide bonds. The van der Waals surface area contributed by atoms with E-state index in [1.54, 1.807) is 30.3 Å². The van der Waals surface area contributed by atoms with Gasteiger partial charge in [0.15, 0.2) is 0 Å². The van der Waals surface area contributed by atoms with E-state index >= 15 is 0 Å². The Hall–Kier alpha value is -3.26. The third-order valence-corrected chi connectivity index (χ3v) is 5.32. The summed E-state index contributed by atoms with van der Waals surface area (Å²) in [6.45, 7) is 0. The highest BCUT2D eigenvalue weighted by Crippen LogP contribution is 2.37. The summed E-state index contributed by atoms with van der Waals surface area (Å²) in [5.74, 6) is -2.13. The van der Waals surface area contributed by atoms with Crippen LogP contribution in [0.2, 0.25) is 0 Å². The molecule has 0 spiro atoms. The van der Waals surface area contributed by atoms with Crippen LogP contribution in [0.5, 0.6) is 0 Å². The quantitative estimate of drug-likeness (QED) is 0.588. The summed E-state index contributed by atoms with van der Waals surface area (Å²) in [7, 11) is 0. The van der Waals surface area contributed by atoms with Gasteiger partial charge >= 0.3 is 0 Å². The lowest BCUT2D eigenvalue weighted by molar-refractivity contribution is -0.130. The predicted molar refractivity (Wildman–Crippen MR) is 102 cm³/mol. The summed E-state index contributed by atoms with van der Waals surface area (Å²) in [6.07, 6.45) is 1.20. The van der Waals surface area contributed by atoms with E-state index in [0.29, 0.717) is 23.0 Å². The fourth-order valence-corrected chi connectivity index (χ4v) is 4.00. The first kappa shape index (κ1) is 18.1. The summed E-state index contributed by atoms with van der Waals surface area (Å²) < 4.78 is 13.0. The van der Waals surface area contributed by atoms with Gasteiger partial charge in [-0.2, -0.15) is 0 Å². The molecule has 2 saturated heterocycles. The molecule has 0 bridgehead atoms. The Kier molecular flexibility index (Phi) is 4.56. The van der Waals surface area contributed by atoms with Crippen LogP contribution in [0.15, 0.2) is 59.5 Å². The van der Waals surface area contributed by atoms with E-state index in [1.165, 1.54) is 30.3 Å². The van der Waals surface area contributed by atoms with Crippen molar-refractivity contribution >= 4 is 46.5 Å². The first-order valence-electron chi connectivity index (χ1n) is 8.40. The minimum atomic E-state index is -1.17. The molecule has 2 aliphatic rings. The number of anilines is 1. The molecular formula is C20H13FN2O4S. The normalized spacial score (nSPS) is 21.3. The Morgan fingerprint density at radius 1 is 0.964 bits per heavy atom. The fourth-order valence-electron chi connectivity index (χ4n) is 3.12. The molecule has 0 saturated carbocycles. The molecule has 8 heteroatoms. The molecule has 1 unspecified atom stereocenters. The number of hydrogen-bond acceptors (Lipinski definition) is 5. The van der Waals surface area contributed by atoms with Crippen LogP contribution in [0.3, 0.4) is 0 Å². The van der Waals surface area contributed by atoms with Crippen LogP contribution < -0.4 is 4.90 Å². The molecule has 0 N–H and O–H groups in total. The Balaban J connectivity index is 1.60. The number of rotatable bonds is 3. The zero-order valence-electron chi connectivity index (χ0n) is 14.4. The van der Waals surface area contributed by atoms with Gasteiger partial charge in [-0.1, -0.05) is 30.3 Å². The van der Waals surface area contributed by atoms with Crippen molar-refractivity contribution in [2.45, 2.75) is 12.5 Å².